The number of ether oxygens (including phenoxy) is 1. The van der Waals surface area contributed by atoms with Gasteiger partial charge in [0.1, 0.15) is 11.9 Å². The molecule has 2 atom stereocenters. The van der Waals surface area contributed by atoms with E-state index in [1.165, 1.54) is 0 Å². The van der Waals surface area contributed by atoms with E-state index in [2.05, 4.69) is 32.8 Å². The number of aryl methyl sites for hydroxylation is 1. The van der Waals surface area contributed by atoms with E-state index >= 15 is 0 Å². The Labute approximate surface area is 268 Å². The van der Waals surface area contributed by atoms with Crippen molar-refractivity contribution in [3.05, 3.63) is 99.8 Å². The van der Waals surface area contributed by atoms with Gasteiger partial charge in [0.25, 0.3) is 0 Å². The molecule has 242 valence electrons. The van der Waals surface area contributed by atoms with Crippen molar-refractivity contribution in [2.75, 3.05) is 33.4 Å². The summed E-state index contributed by atoms with van der Waals surface area (Å²) < 4.78 is 18.4. The number of aldehydes is 1. The summed E-state index contributed by atoms with van der Waals surface area (Å²) in [7, 11) is 2.82. The van der Waals surface area contributed by atoms with Crippen molar-refractivity contribution in [1.82, 2.24) is 25.1 Å². The van der Waals surface area contributed by atoms with Crippen LogP contribution in [-0.2, 0) is 15.6 Å². The predicted molar refractivity (Wildman–Crippen MR) is 185 cm³/mol. The smallest absolute Gasteiger partial charge is 0.232 e. The van der Waals surface area contributed by atoms with Crippen molar-refractivity contribution in [2.45, 2.75) is 74.0 Å². The highest BCUT2D eigenvalue weighted by Gasteiger charge is 2.32. The predicted octanol–water partition coefficient (Wildman–Crippen LogP) is 6.41. The minimum Gasteiger partial charge on any atom is -0.469 e. The molecule has 0 amide bonds. The van der Waals surface area contributed by atoms with Crippen LogP contribution in [0.4, 0.5) is 0 Å². The van der Waals surface area contributed by atoms with Gasteiger partial charge in [0.15, 0.2) is 6.29 Å². The van der Waals surface area contributed by atoms with E-state index < -0.39 is 10.8 Å². The van der Waals surface area contributed by atoms with Gasteiger partial charge in [0.05, 0.1) is 52.6 Å². The Morgan fingerprint density at radius 1 is 1.11 bits per heavy atom. The second-order valence-corrected chi connectivity index (χ2v) is 11.7. The molecular weight excluding hydrogens is 570 g/mol. The number of hydrogen-bond donors (Lipinski definition) is 1. The van der Waals surface area contributed by atoms with Crippen molar-refractivity contribution in [1.29, 1.82) is 0 Å². The fourth-order valence-electron chi connectivity index (χ4n) is 4.37. The first kappa shape index (κ1) is 38.3. The molecule has 1 aliphatic carbocycles. The summed E-state index contributed by atoms with van der Waals surface area (Å²) in [6.45, 7) is 21.2. The Balaban J connectivity index is 0.00000232. The van der Waals surface area contributed by atoms with Crippen LogP contribution >= 0.6 is 0 Å². The second kappa shape index (κ2) is 19.5. The van der Waals surface area contributed by atoms with Crippen LogP contribution in [0.25, 0.3) is 0 Å². The molecule has 0 bridgehead atoms. The minimum absolute atomic E-state index is 0.0127. The van der Waals surface area contributed by atoms with Crippen LogP contribution in [0.2, 0.25) is 0 Å². The van der Waals surface area contributed by atoms with Crippen LogP contribution in [0, 0.1) is 6.92 Å². The standard InChI is InChI=1S/C31H41N5O3S.2C2H6/c1-21(2)14-25(20-37)27(23(4)24(5)34-28-12-10-9-11-13-29(28)40(8)38)15-31(35(6)7)36-18-26(19-36)39-30-17-32-22(3)16-33-30;2*1-2/h10-17,20,24,26,34H,1,9,18-19H2,2-8H3;2*1-2H3/b25-14-,27-23+,31-15+;;/t24-,40?;;/m1../s1. The molecule has 0 saturated carbocycles. The van der Waals surface area contributed by atoms with Gasteiger partial charge in [0.2, 0.25) is 5.88 Å². The Hall–Kier alpha value is -3.72. The summed E-state index contributed by atoms with van der Waals surface area (Å²) in [6, 6.07) is -0.152. The molecule has 1 aromatic heterocycles. The lowest BCUT2D eigenvalue weighted by atomic mass is 9.94. The van der Waals surface area contributed by atoms with Crippen LogP contribution in [-0.4, -0.2) is 75.8 Å². The van der Waals surface area contributed by atoms with Gasteiger partial charge in [-0.1, -0.05) is 52.0 Å². The Kier molecular flexibility index (Phi) is 17.0. The lowest BCUT2D eigenvalue weighted by molar-refractivity contribution is -0.104. The number of likely N-dealkylation sites (tertiary alicyclic amines) is 1. The average Bonchev–Trinajstić information content (AvgIpc) is 3.23. The van der Waals surface area contributed by atoms with Crippen molar-refractivity contribution in [2.24, 2.45) is 0 Å². The van der Waals surface area contributed by atoms with Gasteiger partial charge in [-0.15, -0.1) is 0 Å². The molecule has 1 N–H and O–H groups in total. The molecule has 0 radical (unpaired) electrons. The van der Waals surface area contributed by atoms with E-state index in [9.17, 15) is 9.00 Å². The number of carbonyl (C=O) groups is 1. The summed E-state index contributed by atoms with van der Waals surface area (Å²) >= 11 is 0. The highest BCUT2D eigenvalue weighted by molar-refractivity contribution is 7.88. The third kappa shape index (κ3) is 11.4. The van der Waals surface area contributed by atoms with E-state index in [-0.39, 0.29) is 12.1 Å². The summed E-state index contributed by atoms with van der Waals surface area (Å²) in [5.74, 6) is 1.47. The highest BCUT2D eigenvalue weighted by Crippen LogP contribution is 2.27. The van der Waals surface area contributed by atoms with Crippen LogP contribution < -0.4 is 10.1 Å². The van der Waals surface area contributed by atoms with Crippen molar-refractivity contribution >= 4 is 17.1 Å². The number of aromatic nitrogens is 2. The third-order valence-electron chi connectivity index (χ3n) is 6.64. The van der Waals surface area contributed by atoms with E-state index in [0.717, 1.165) is 51.5 Å². The Morgan fingerprint density at radius 3 is 2.27 bits per heavy atom. The van der Waals surface area contributed by atoms with Crippen molar-refractivity contribution < 1.29 is 13.7 Å². The molecule has 1 aliphatic heterocycles. The zero-order valence-corrected chi connectivity index (χ0v) is 29.4. The highest BCUT2D eigenvalue weighted by atomic mass is 32.2. The normalized spacial score (nSPS) is 17.0. The Morgan fingerprint density at radius 2 is 1.75 bits per heavy atom. The molecule has 3 rings (SSSR count). The first-order valence-electron chi connectivity index (χ1n) is 15.3. The number of rotatable bonds is 12. The molecule has 2 heterocycles. The van der Waals surface area contributed by atoms with Gasteiger partial charge >= 0.3 is 0 Å². The van der Waals surface area contributed by atoms with E-state index in [4.69, 9.17) is 4.74 Å². The van der Waals surface area contributed by atoms with Crippen LogP contribution in [0.15, 0.2) is 94.1 Å². The largest absolute Gasteiger partial charge is 0.469 e. The summed E-state index contributed by atoms with van der Waals surface area (Å²) in [5, 5.41) is 3.54. The lowest BCUT2D eigenvalue weighted by Gasteiger charge is -2.43. The van der Waals surface area contributed by atoms with Gasteiger partial charge in [-0.25, -0.2) is 4.98 Å². The van der Waals surface area contributed by atoms with Gasteiger partial charge < -0.3 is 19.9 Å². The van der Waals surface area contributed by atoms with Gasteiger partial charge in [0, 0.05) is 32.0 Å². The van der Waals surface area contributed by atoms with Crippen LogP contribution in [0.5, 0.6) is 5.88 Å². The fourth-order valence-corrected chi connectivity index (χ4v) is 5.09. The van der Waals surface area contributed by atoms with Crippen LogP contribution in [0.1, 0.15) is 60.6 Å². The second-order valence-electron chi connectivity index (χ2n) is 10.3. The summed E-state index contributed by atoms with van der Waals surface area (Å²) in [5.41, 5.74) is 4.77. The molecule has 1 saturated heterocycles. The van der Waals surface area contributed by atoms with Crippen molar-refractivity contribution in [3.8, 4) is 5.88 Å². The third-order valence-corrected chi connectivity index (χ3v) is 7.61. The molecule has 44 heavy (non-hydrogen) atoms. The first-order valence-corrected chi connectivity index (χ1v) is 16.9. The van der Waals surface area contributed by atoms with Crippen LogP contribution in [0.3, 0.4) is 0 Å². The van der Waals surface area contributed by atoms with Gasteiger partial charge in [-0.05, 0) is 69.6 Å². The average molecular weight is 624 g/mol. The number of allylic oxidation sites excluding steroid dienone is 9. The SMILES string of the molecule is C=C(C)\C=C(C=O)/C(/C=C(\N(C)C)N1CC(Oc2cnc(C)cn2)C1)=C(\C)[C@@H](C)NC1=C(S(C)=O)C=CCC=C1.CC.CC. The zero-order chi connectivity index (χ0) is 33.4. The molecule has 0 spiro atoms. The maximum Gasteiger partial charge on any atom is 0.232 e. The molecule has 0 aromatic carbocycles. The summed E-state index contributed by atoms with van der Waals surface area (Å²) in [4.78, 5) is 25.9. The van der Waals surface area contributed by atoms with E-state index in [1.54, 1.807) is 24.7 Å². The van der Waals surface area contributed by atoms with Crippen molar-refractivity contribution in [3.63, 3.8) is 0 Å². The number of carbonyl (C=O) groups excluding carboxylic acids is 1. The Bertz CT molecular complexity index is 1310. The maximum absolute atomic E-state index is 12.4. The van der Waals surface area contributed by atoms with Gasteiger partial charge in [-0.3, -0.25) is 14.0 Å². The molecule has 1 aromatic rings. The topological polar surface area (TPSA) is 87.7 Å². The molecule has 1 fully saturated rings. The van der Waals surface area contributed by atoms with Gasteiger partial charge in [-0.2, -0.15) is 0 Å². The molecule has 9 heteroatoms. The first-order chi connectivity index (χ1) is 21.0. The zero-order valence-electron chi connectivity index (χ0n) is 28.6. The lowest BCUT2D eigenvalue weighted by Crippen LogP contribution is -2.55. The monoisotopic (exact) mass is 623 g/mol. The maximum atomic E-state index is 12.4. The summed E-state index contributed by atoms with van der Waals surface area (Å²) in [6.07, 6.45) is 18.5. The number of nitrogens with zero attached hydrogens (tertiary/aromatic N) is 4. The van der Waals surface area contributed by atoms with E-state index in [0.29, 0.717) is 24.5 Å². The molecular formula is C35H53N5O3S. The fraction of sp³-hybridized carbons (Fsp3) is 0.457. The van der Waals surface area contributed by atoms with E-state index in [1.807, 2.05) is 98.7 Å². The molecule has 2 aliphatic rings. The number of nitrogens with one attached hydrogen (secondary N) is 1. The minimum atomic E-state index is -1.15. The molecule has 8 nitrogen and oxygen atoms in total. The quantitative estimate of drug-likeness (QED) is 0.163. The number of hydrogen-bond acceptors (Lipinski definition) is 8. The molecule has 1 unspecified atom stereocenters.